The van der Waals surface area contributed by atoms with Gasteiger partial charge in [0, 0.05) is 123 Å². The van der Waals surface area contributed by atoms with Gasteiger partial charge in [-0.25, -0.2) is 24.0 Å². The van der Waals surface area contributed by atoms with Crippen LogP contribution in [-0.2, 0) is 54.8 Å². The van der Waals surface area contributed by atoms with Gasteiger partial charge in [0.15, 0.2) is 0 Å². The molecule has 6 rings (SSSR count). The number of piperidine rings is 4. The van der Waals surface area contributed by atoms with E-state index in [1.54, 1.807) is 40.1 Å². The third kappa shape index (κ3) is 38.1. The smallest absolute Gasteiger partial charge is 1.00 e. The van der Waals surface area contributed by atoms with Gasteiger partial charge in [0.1, 0.15) is 22.4 Å². The summed E-state index contributed by atoms with van der Waals surface area (Å²) in [6.45, 7) is 50.3. The summed E-state index contributed by atoms with van der Waals surface area (Å²) < 4.78 is 53.7. The predicted octanol–water partition coefficient (Wildman–Crippen LogP) is 12.1. The number of aromatic nitrogens is 1. The molecule has 1 aromatic heterocycles. The summed E-state index contributed by atoms with van der Waals surface area (Å²) in [6, 6.07) is 2.00. The van der Waals surface area contributed by atoms with E-state index >= 15 is 0 Å². The predicted molar refractivity (Wildman–Crippen MR) is 409 cm³/mol. The Kier molecular flexibility index (Phi) is 47.1. The minimum Gasteiger partial charge on any atom is -1.00 e. The van der Waals surface area contributed by atoms with Crippen LogP contribution in [0, 0.1) is 78.9 Å². The molecule has 100 heavy (non-hydrogen) atoms. The first kappa shape index (κ1) is 101. The number of rotatable bonds is 9. The zero-order valence-corrected chi connectivity index (χ0v) is 70.8. The number of aryl methyl sites for hydroxylation is 2. The van der Waals surface area contributed by atoms with Crippen molar-refractivity contribution in [1.29, 1.82) is 0 Å². The van der Waals surface area contributed by atoms with Gasteiger partial charge in [-0.3, -0.25) is 18.2 Å². The Labute approximate surface area is 636 Å². The molecule has 4 amide bonds. The van der Waals surface area contributed by atoms with Crippen LogP contribution in [0.25, 0.3) is 0 Å². The van der Waals surface area contributed by atoms with Gasteiger partial charge in [0.25, 0.3) is 0 Å². The molecule has 1 aliphatic carbocycles. The monoisotopic (exact) mass is 1480 g/mol. The van der Waals surface area contributed by atoms with Crippen LogP contribution in [-0.4, -0.2) is 212 Å². The van der Waals surface area contributed by atoms with Crippen molar-refractivity contribution in [3.05, 3.63) is 29.1 Å². The Balaban J connectivity index is -0.000000559. The number of hydrogen-bond donors (Lipinski definition) is 1. The Morgan fingerprint density at radius 1 is 0.540 bits per heavy atom. The second-order valence-corrected chi connectivity index (χ2v) is 36.5. The molecule has 17 atom stereocenters. The summed E-state index contributed by atoms with van der Waals surface area (Å²) in [7, 11) is 1.32. The molecule has 5 aliphatic rings. The first-order valence-corrected chi connectivity index (χ1v) is 40.1. The maximum atomic E-state index is 12.2. The molecule has 26 heteroatoms. The van der Waals surface area contributed by atoms with Gasteiger partial charge in [-0.1, -0.05) is 54.4 Å². The number of amides is 4. The molecule has 0 aromatic carbocycles. The second-order valence-electron chi connectivity index (χ2n) is 32.7. The van der Waals surface area contributed by atoms with E-state index in [1.165, 1.54) is 39.9 Å². The average Bonchev–Trinajstić information content (AvgIpc) is 0.831. The van der Waals surface area contributed by atoms with Crippen molar-refractivity contribution in [3.8, 4) is 0 Å². The molecular formula is C74H137BClLiN5O15S3. The van der Waals surface area contributed by atoms with Crippen molar-refractivity contribution in [2.75, 3.05) is 83.0 Å². The van der Waals surface area contributed by atoms with Crippen LogP contribution in [0.1, 0.15) is 220 Å². The number of halogens is 1. The van der Waals surface area contributed by atoms with Crippen molar-refractivity contribution < 1.29 is 91.0 Å². The Morgan fingerprint density at radius 2 is 0.880 bits per heavy atom. The van der Waals surface area contributed by atoms with E-state index < -0.39 is 44.0 Å². The SMILES string of the molecule is CC1CC(CO)C(C)N(C(=O)OC(C)(C)C)C1.CC1CC(CS(C)=O)C(C)N(C(=O)OC(C)(C)C)C1.CC1CCC(C)C(CS(C)=O)C1.COC(=O)C1CC(C)CN(C(=O)OC(C)(C)C)C1C.COC(=O)c1cc(C)cnc1C.CSCC1CC(C)CN(C(=O)OC(C)(C)C)C1C.Cl.[B].[H-].[Li+]. The molecule has 1 aromatic rings. The van der Waals surface area contributed by atoms with Crippen LogP contribution in [0.3, 0.4) is 0 Å². The first-order chi connectivity index (χ1) is 44.5. The molecule has 5 heterocycles. The molecule has 17 unspecified atom stereocenters. The number of nitrogens with zero attached hydrogens (tertiary/aromatic N) is 5. The van der Waals surface area contributed by atoms with Gasteiger partial charge in [-0.05, 0) is 234 Å². The van der Waals surface area contributed by atoms with Gasteiger partial charge < -0.3 is 54.6 Å². The summed E-state index contributed by atoms with van der Waals surface area (Å²) in [5, 5.41) is 9.33. The molecule has 0 bridgehead atoms. The zero-order chi connectivity index (χ0) is 75.0. The maximum absolute atomic E-state index is 12.2. The topological polar surface area (TPSA) is 238 Å². The molecule has 20 nitrogen and oxygen atoms in total. The minimum absolute atomic E-state index is 0. The summed E-state index contributed by atoms with van der Waals surface area (Å²) in [4.78, 5) is 82.7. The van der Waals surface area contributed by atoms with Crippen molar-refractivity contribution in [1.82, 2.24) is 24.6 Å². The van der Waals surface area contributed by atoms with E-state index in [0.29, 0.717) is 59.7 Å². The molecule has 3 radical (unpaired) electrons. The quantitative estimate of drug-likeness (QED) is 0.137. The number of pyridine rings is 1. The number of likely N-dealkylation sites (tertiary alicyclic amines) is 4. The van der Waals surface area contributed by atoms with Crippen molar-refractivity contribution >= 4 is 90.5 Å². The van der Waals surface area contributed by atoms with E-state index in [0.717, 1.165) is 67.2 Å². The van der Waals surface area contributed by atoms with E-state index in [4.69, 9.17) is 23.7 Å². The number of carbonyl (C=O) groups excluding carboxylic acids is 6. The van der Waals surface area contributed by atoms with E-state index in [9.17, 15) is 42.3 Å². The number of aliphatic hydroxyl groups excluding tert-OH is 1. The van der Waals surface area contributed by atoms with Gasteiger partial charge in [-0.15, -0.1) is 12.4 Å². The molecule has 577 valence electrons. The fourth-order valence-corrected chi connectivity index (χ4v) is 16.0. The summed E-state index contributed by atoms with van der Waals surface area (Å²) in [5.74, 6) is 6.90. The van der Waals surface area contributed by atoms with Gasteiger partial charge in [-0.2, -0.15) is 11.8 Å². The van der Waals surface area contributed by atoms with Gasteiger partial charge >= 0.3 is 55.2 Å². The maximum Gasteiger partial charge on any atom is 1.00 e. The van der Waals surface area contributed by atoms with Crippen LogP contribution in [0.2, 0.25) is 0 Å². The largest absolute Gasteiger partial charge is 1.00 e. The van der Waals surface area contributed by atoms with Gasteiger partial charge in [0.05, 0.1) is 31.4 Å². The third-order valence-corrected chi connectivity index (χ3v) is 20.7. The molecule has 4 saturated heterocycles. The summed E-state index contributed by atoms with van der Waals surface area (Å²) in [5.41, 5.74) is 0.322. The summed E-state index contributed by atoms with van der Waals surface area (Å²) >= 11 is 1.86. The van der Waals surface area contributed by atoms with Crippen LogP contribution >= 0.6 is 24.2 Å². The van der Waals surface area contributed by atoms with E-state index in [1.807, 2.05) is 141 Å². The number of aliphatic hydroxyl groups is 1. The molecule has 1 saturated carbocycles. The number of ether oxygens (including phenoxy) is 6. The van der Waals surface area contributed by atoms with E-state index in [-0.39, 0.29) is 126 Å². The molecule has 5 fully saturated rings. The fourth-order valence-electron chi connectivity index (χ4n) is 13.0. The standard InChI is InChI=1S/C14H25NO4.C14H27NO3S.C14H27NO2S.C13H25NO3.C10H20OS.C9H11NO2.B.ClH.Li.H/c1-9-7-11(12(16)18-6)10(2)15(8-9)13(17)19-14(3,4)5;1-10-7-12(9-19(6)17)11(2)15(8-10)13(16)18-14(3,4)5;1-10-7-12(9-18-6)11(2)15(8-10)13(16)17-14(3,4)5;1-9-6-11(8-15)10(2)14(7-9)12(16)17-13(3,4)5;1-8-4-5-9(2)10(6-8)7-12(3)11;1-6-4-8(9(11)12-3)7(2)10-5-6;;;;/h9-11H,7-8H2,1-6H3;10-12H,7-9H2,1-6H3;10-12H,7-9H2,1-6H3;9-11,15H,6-8H2,1-5H3;8-10H,4-7H2,1-3H3;4-5H,1-3H3;;1H;;/q;;;;;;;;+1;-1. The number of carbonyl (C=O) groups is 6. The van der Waals surface area contributed by atoms with Crippen molar-refractivity contribution in [3.63, 3.8) is 0 Å². The van der Waals surface area contributed by atoms with Crippen molar-refractivity contribution in [2.45, 2.75) is 258 Å². The molecule has 1 N–H and O–H groups in total. The van der Waals surface area contributed by atoms with Crippen LogP contribution < -0.4 is 18.9 Å². The van der Waals surface area contributed by atoms with Crippen molar-refractivity contribution in [2.24, 2.45) is 65.1 Å². The number of hydrogen-bond acceptors (Lipinski definition) is 17. The first-order valence-electron chi connectivity index (χ1n) is 35.3. The summed E-state index contributed by atoms with van der Waals surface area (Å²) in [6.07, 6.45) is 14.3. The van der Waals surface area contributed by atoms with Gasteiger partial charge in [0.2, 0.25) is 0 Å². The fraction of sp³-hybridized carbons (Fsp3) is 0.851. The zero-order valence-electron chi connectivity index (χ0n) is 68.5. The molecule has 0 spiro atoms. The Morgan fingerprint density at radius 3 is 1.24 bits per heavy atom. The average molecular weight is 1490 g/mol. The van der Waals surface area contributed by atoms with E-state index in [2.05, 4.69) is 57.5 Å². The van der Waals surface area contributed by atoms with Crippen LogP contribution in [0.15, 0.2) is 12.3 Å². The number of methoxy groups -OCH3 is 2. The number of esters is 2. The molecule has 4 aliphatic heterocycles. The third-order valence-electron chi connectivity index (χ3n) is 18.2. The Hall–Kier alpha value is -3.27. The normalized spacial score (nSPS) is 27.3. The second kappa shape index (κ2) is 46.6. The van der Waals surface area contributed by atoms with Crippen LogP contribution in [0.5, 0.6) is 0 Å². The molecular weight excluding hydrogens is 1350 g/mol. The Bertz CT molecular complexity index is 2670. The van der Waals surface area contributed by atoms with Crippen LogP contribution in [0.4, 0.5) is 19.2 Å². The minimum atomic E-state index is -0.825. The number of thioether (sulfide) groups is 1.